The van der Waals surface area contributed by atoms with Crippen LogP contribution in [0.2, 0.25) is 0 Å². The van der Waals surface area contributed by atoms with Gasteiger partial charge in [0.25, 0.3) is 0 Å². The Morgan fingerprint density at radius 1 is 1.53 bits per heavy atom. The summed E-state index contributed by atoms with van der Waals surface area (Å²) in [5, 5.41) is 4.06. The van der Waals surface area contributed by atoms with Crippen molar-refractivity contribution in [1.82, 2.24) is 9.99 Å². The van der Waals surface area contributed by atoms with Crippen molar-refractivity contribution in [3.63, 3.8) is 0 Å². The van der Waals surface area contributed by atoms with Gasteiger partial charge in [-0.15, -0.1) is 0 Å². The lowest BCUT2D eigenvalue weighted by Crippen LogP contribution is -2.19. The van der Waals surface area contributed by atoms with E-state index in [0.29, 0.717) is 5.92 Å². The topological polar surface area (TPSA) is 46.4 Å². The third-order valence-electron chi connectivity index (χ3n) is 3.49. The maximum absolute atomic E-state index is 11.5. The van der Waals surface area contributed by atoms with Gasteiger partial charge in [0.2, 0.25) is 5.91 Å². The Bertz CT molecular complexity index is 496. The van der Waals surface area contributed by atoms with E-state index >= 15 is 0 Å². The Morgan fingerprint density at radius 2 is 2.21 bits per heavy atom. The second-order valence-electron chi connectivity index (χ2n) is 5.84. The molecule has 1 aromatic heterocycles. The molecule has 104 valence electrons. The smallest absolute Gasteiger partial charge is 0.243 e. The molecular formula is C15H23N3O. The number of carbonyl (C=O) groups excluding carboxylic acids is 1. The molecule has 0 saturated heterocycles. The fourth-order valence-electron chi connectivity index (χ4n) is 2.21. The third kappa shape index (κ3) is 3.46. The number of aryl methyl sites for hydroxylation is 1. The normalized spacial score (nSPS) is 15.4. The van der Waals surface area contributed by atoms with Crippen LogP contribution in [0.3, 0.4) is 0 Å². The van der Waals surface area contributed by atoms with E-state index in [9.17, 15) is 4.79 Å². The highest BCUT2D eigenvalue weighted by molar-refractivity contribution is 5.85. The van der Waals surface area contributed by atoms with Crippen LogP contribution in [0.15, 0.2) is 11.2 Å². The molecule has 4 nitrogen and oxygen atoms in total. The largest absolute Gasteiger partial charge is 0.348 e. The number of aromatic nitrogens is 1. The van der Waals surface area contributed by atoms with Crippen molar-refractivity contribution in [3.8, 4) is 0 Å². The van der Waals surface area contributed by atoms with E-state index in [4.69, 9.17) is 0 Å². The first kappa shape index (κ1) is 13.8. The predicted molar refractivity (Wildman–Crippen MR) is 77.2 cm³/mol. The zero-order chi connectivity index (χ0) is 14.0. The molecule has 1 heterocycles. The summed E-state index contributed by atoms with van der Waals surface area (Å²) in [6, 6.07) is 2.12. The SMILES string of the molecule is Cc1cc(/C=N/NC(=O)C2CC2)c(C)n1CC(C)C. The summed E-state index contributed by atoms with van der Waals surface area (Å²) in [6.45, 7) is 9.64. The van der Waals surface area contributed by atoms with Crippen LogP contribution in [0.1, 0.15) is 43.6 Å². The van der Waals surface area contributed by atoms with Crippen LogP contribution in [0, 0.1) is 25.7 Å². The number of nitrogens with one attached hydrogen (secondary N) is 1. The van der Waals surface area contributed by atoms with Gasteiger partial charge in [0.15, 0.2) is 0 Å². The van der Waals surface area contributed by atoms with Crippen molar-refractivity contribution in [3.05, 3.63) is 23.0 Å². The van der Waals surface area contributed by atoms with Crippen molar-refractivity contribution < 1.29 is 4.79 Å². The second-order valence-corrected chi connectivity index (χ2v) is 5.84. The molecule has 1 aliphatic carbocycles. The molecule has 0 aromatic carbocycles. The third-order valence-corrected chi connectivity index (χ3v) is 3.49. The van der Waals surface area contributed by atoms with E-state index in [2.05, 4.69) is 48.9 Å². The van der Waals surface area contributed by atoms with Crippen LogP contribution in [0.5, 0.6) is 0 Å². The maximum Gasteiger partial charge on any atom is 0.243 e. The van der Waals surface area contributed by atoms with Gasteiger partial charge >= 0.3 is 0 Å². The second kappa shape index (κ2) is 5.59. The van der Waals surface area contributed by atoms with Crippen molar-refractivity contribution in [2.24, 2.45) is 16.9 Å². The molecule has 0 unspecified atom stereocenters. The van der Waals surface area contributed by atoms with Crippen LogP contribution < -0.4 is 5.43 Å². The number of amides is 1. The summed E-state index contributed by atoms with van der Waals surface area (Å²) in [6.07, 6.45) is 3.76. The summed E-state index contributed by atoms with van der Waals surface area (Å²) >= 11 is 0. The molecule has 19 heavy (non-hydrogen) atoms. The molecule has 1 amide bonds. The van der Waals surface area contributed by atoms with Crippen molar-refractivity contribution in [2.45, 2.75) is 47.1 Å². The first-order valence-electron chi connectivity index (χ1n) is 6.98. The lowest BCUT2D eigenvalue weighted by atomic mass is 10.2. The molecule has 1 saturated carbocycles. The molecule has 2 rings (SSSR count). The monoisotopic (exact) mass is 261 g/mol. The molecule has 1 N–H and O–H groups in total. The zero-order valence-electron chi connectivity index (χ0n) is 12.2. The minimum absolute atomic E-state index is 0.0484. The summed E-state index contributed by atoms with van der Waals surface area (Å²) in [5.41, 5.74) is 6.13. The van der Waals surface area contributed by atoms with Crippen molar-refractivity contribution in [2.75, 3.05) is 0 Å². The lowest BCUT2D eigenvalue weighted by Gasteiger charge is -2.11. The van der Waals surface area contributed by atoms with Gasteiger partial charge in [-0.2, -0.15) is 5.10 Å². The minimum Gasteiger partial charge on any atom is -0.348 e. The van der Waals surface area contributed by atoms with E-state index in [-0.39, 0.29) is 11.8 Å². The minimum atomic E-state index is 0.0484. The summed E-state index contributed by atoms with van der Waals surface area (Å²) in [7, 11) is 0. The van der Waals surface area contributed by atoms with Gasteiger partial charge in [-0.1, -0.05) is 13.8 Å². The maximum atomic E-state index is 11.5. The highest BCUT2D eigenvalue weighted by Gasteiger charge is 2.29. The van der Waals surface area contributed by atoms with E-state index in [1.807, 2.05) is 0 Å². The number of hydrogen-bond donors (Lipinski definition) is 1. The number of hydrogen-bond acceptors (Lipinski definition) is 2. The van der Waals surface area contributed by atoms with Gasteiger partial charge in [-0.3, -0.25) is 4.79 Å². The molecule has 0 spiro atoms. The summed E-state index contributed by atoms with van der Waals surface area (Å²) in [5.74, 6) is 0.863. The Labute approximate surface area is 114 Å². The molecule has 1 aliphatic rings. The van der Waals surface area contributed by atoms with Crippen molar-refractivity contribution in [1.29, 1.82) is 0 Å². The van der Waals surface area contributed by atoms with Crippen LogP contribution in [0.4, 0.5) is 0 Å². The van der Waals surface area contributed by atoms with E-state index in [0.717, 1.165) is 24.9 Å². The molecule has 0 radical (unpaired) electrons. The van der Waals surface area contributed by atoms with Gasteiger partial charge in [0, 0.05) is 29.4 Å². The summed E-state index contributed by atoms with van der Waals surface area (Å²) in [4.78, 5) is 11.5. The molecule has 0 bridgehead atoms. The first-order chi connectivity index (χ1) is 8.99. The predicted octanol–water partition coefficient (Wildman–Crippen LogP) is 2.62. The molecule has 0 aliphatic heterocycles. The molecular weight excluding hydrogens is 238 g/mol. The highest BCUT2D eigenvalue weighted by atomic mass is 16.2. The van der Waals surface area contributed by atoms with Crippen molar-refractivity contribution >= 4 is 12.1 Å². The van der Waals surface area contributed by atoms with Crippen LogP contribution in [0.25, 0.3) is 0 Å². The Morgan fingerprint density at radius 3 is 2.79 bits per heavy atom. The van der Waals surface area contributed by atoms with Gasteiger partial charge < -0.3 is 4.57 Å². The highest BCUT2D eigenvalue weighted by Crippen LogP contribution is 2.28. The zero-order valence-corrected chi connectivity index (χ0v) is 12.2. The average Bonchev–Trinajstić information content (AvgIpc) is 3.13. The van der Waals surface area contributed by atoms with Gasteiger partial charge in [-0.05, 0) is 38.7 Å². The molecule has 1 aromatic rings. The van der Waals surface area contributed by atoms with Gasteiger partial charge in [-0.25, -0.2) is 5.43 Å². The number of hydrazone groups is 1. The van der Waals surface area contributed by atoms with E-state index < -0.39 is 0 Å². The average molecular weight is 261 g/mol. The van der Waals surface area contributed by atoms with E-state index in [1.165, 1.54) is 11.4 Å². The number of carbonyl (C=O) groups is 1. The molecule has 1 fully saturated rings. The lowest BCUT2D eigenvalue weighted by molar-refractivity contribution is -0.122. The Kier molecular flexibility index (Phi) is 4.08. The summed E-state index contributed by atoms with van der Waals surface area (Å²) < 4.78 is 2.30. The first-order valence-corrected chi connectivity index (χ1v) is 6.98. The molecule has 4 heteroatoms. The van der Waals surface area contributed by atoms with Crippen LogP contribution in [-0.2, 0) is 11.3 Å². The standard InChI is InChI=1S/C15H23N3O/c1-10(2)9-18-11(3)7-14(12(18)4)8-16-17-15(19)13-5-6-13/h7-8,10,13H,5-6,9H2,1-4H3,(H,17,19)/b16-8+. The Hall–Kier alpha value is -1.58. The van der Waals surface area contributed by atoms with Gasteiger partial charge in [0.05, 0.1) is 6.21 Å². The number of rotatable bonds is 5. The van der Waals surface area contributed by atoms with Crippen LogP contribution >= 0.6 is 0 Å². The quantitative estimate of drug-likeness (QED) is 0.643. The number of nitrogens with zero attached hydrogens (tertiary/aromatic N) is 2. The van der Waals surface area contributed by atoms with E-state index in [1.54, 1.807) is 6.21 Å². The van der Waals surface area contributed by atoms with Gasteiger partial charge in [0.1, 0.15) is 0 Å². The molecule has 0 atom stereocenters. The fraction of sp³-hybridized carbons (Fsp3) is 0.600. The Balaban J connectivity index is 2.03. The fourth-order valence-corrected chi connectivity index (χ4v) is 2.21. The van der Waals surface area contributed by atoms with Crippen LogP contribution in [-0.4, -0.2) is 16.7 Å².